The summed E-state index contributed by atoms with van der Waals surface area (Å²) in [5.74, 6) is 1.27. The molecule has 0 bridgehead atoms. The summed E-state index contributed by atoms with van der Waals surface area (Å²) in [7, 11) is 1.65. The van der Waals surface area contributed by atoms with Gasteiger partial charge < -0.3 is 9.47 Å². The largest absolute Gasteiger partial charge is 0.456 e. The summed E-state index contributed by atoms with van der Waals surface area (Å²) in [4.78, 5) is 0. The molecule has 0 aliphatic heterocycles. The van der Waals surface area contributed by atoms with Gasteiger partial charge in [0.05, 0.1) is 12.2 Å². The van der Waals surface area contributed by atoms with Gasteiger partial charge in [0.2, 0.25) is 0 Å². The highest BCUT2D eigenvalue weighted by molar-refractivity contribution is 5.45. The Morgan fingerprint density at radius 3 is 2.72 bits per heavy atom. The number of benzene rings is 2. The summed E-state index contributed by atoms with van der Waals surface area (Å²) in [5.41, 5.74) is 1.55. The van der Waals surface area contributed by atoms with Crippen LogP contribution in [0.2, 0.25) is 0 Å². The van der Waals surface area contributed by atoms with Crippen molar-refractivity contribution in [1.82, 2.24) is 0 Å². The molecule has 3 nitrogen and oxygen atoms in total. The molecule has 0 amide bonds. The quantitative estimate of drug-likeness (QED) is 0.820. The zero-order valence-corrected chi connectivity index (χ0v) is 10.1. The average Bonchev–Trinajstić information content (AvgIpc) is 2.40. The number of para-hydroxylation sites is 1. The first kappa shape index (κ1) is 12.2. The van der Waals surface area contributed by atoms with E-state index in [0.29, 0.717) is 23.7 Å². The van der Waals surface area contributed by atoms with Crippen molar-refractivity contribution in [2.45, 2.75) is 6.61 Å². The van der Waals surface area contributed by atoms with Gasteiger partial charge >= 0.3 is 0 Å². The van der Waals surface area contributed by atoms with Crippen LogP contribution in [0.25, 0.3) is 0 Å². The van der Waals surface area contributed by atoms with E-state index >= 15 is 0 Å². The monoisotopic (exact) mass is 239 g/mol. The number of rotatable bonds is 4. The zero-order valence-electron chi connectivity index (χ0n) is 10.1. The van der Waals surface area contributed by atoms with Crippen molar-refractivity contribution in [3.8, 4) is 17.6 Å². The summed E-state index contributed by atoms with van der Waals surface area (Å²) >= 11 is 0. The van der Waals surface area contributed by atoms with E-state index in [1.807, 2.05) is 36.4 Å². The topological polar surface area (TPSA) is 42.2 Å². The molecule has 0 radical (unpaired) electrons. The van der Waals surface area contributed by atoms with E-state index in [1.165, 1.54) is 0 Å². The first-order chi connectivity index (χ1) is 8.83. The minimum absolute atomic E-state index is 0.523. The Balaban J connectivity index is 2.23. The van der Waals surface area contributed by atoms with Crippen LogP contribution in [-0.4, -0.2) is 7.11 Å². The maximum absolute atomic E-state index is 8.99. The van der Waals surface area contributed by atoms with Crippen LogP contribution in [0.3, 0.4) is 0 Å². The third-order valence-electron chi connectivity index (χ3n) is 2.44. The highest BCUT2D eigenvalue weighted by Gasteiger charge is 2.03. The molecule has 90 valence electrons. The molecule has 2 aromatic rings. The Bertz CT molecular complexity index is 573. The van der Waals surface area contributed by atoms with Crippen molar-refractivity contribution in [3.05, 3.63) is 59.7 Å². The van der Waals surface area contributed by atoms with E-state index < -0.39 is 0 Å². The second-order valence-corrected chi connectivity index (χ2v) is 3.79. The third-order valence-corrected chi connectivity index (χ3v) is 2.44. The molecular formula is C15H13NO2. The van der Waals surface area contributed by atoms with E-state index in [2.05, 4.69) is 6.07 Å². The Morgan fingerprint density at radius 1 is 1.11 bits per heavy atom. The van der Waals surface area contributed by atoms with Gasteiger partial charge in [-0.2, -0.15) is 5.26 Å². The number of ether oxygens (including phenoxy) is 2. The van der Waals surface area contributed by atoms with Gasteiger partial charge in [-0.3, -0.25) is 0 Å². The molecule has 0 aliphatic carbocycles. The highest BCUT2D eigenvalue weighted by Crippen LogP contribution is 2.25. The van der Waals surface area contributed by atoms with E-state index in [-0.39, 0.29) is 0 Å². The maximum atomic E-state index is 8.99. The van der Waals surface area contributed by atoms with E-state index in [0.717, 1.165) is 5.56 Å². The Kier molecular flexibility index (Phi) is 3.95. The minimum Gasteiger partial charge on any atom is -0.456 e. The van der Waals surface area contributed by atoms with E-state index in [4.69, 9.17) is 14.7 Å². The SMILES string of the molecule is COCc1cccc(Oc2ccccc2C#N)c1. The fourth-order valence-corrected chi connectivity index (χ4v) is 1.64. The van der Waals surface area contributed by atoms with Gasteiger partial charge in [-0.25, -0.2) is 0 Å². The molecule has 3 heteroatoms. The fourth-order valence-electron chi connectivity index (χ4n) is 1.64. The lowest BCUT2D eigenvalue weighted by atomic mass is 10.2. The third kappa shape index (κ3) is 2.88. The first-order valence-corrected chi connectivity index (χ1v) is 5.58. The second kappa shape index (κ2) is 5.85. The van der Waals surface area contributed by atoms with Crippen molar-refractivity contribution >= 4 is 0 Å². The molecule has 0 atom stereocenters. The molecule has 2 rings (SSSR count). The molecular weight excluding hydrogens is 226 g/mol. The van der Waals surface area contributed by atoms with Gasteiger partial charge in [-0.15, -0.1) is 0 Å². The zero-order chi connectivity index (χ0) is 12.8. The summed E-state index contributed by atoms with van der Waals surface area (Å²) < 4.78 is 10.8. The van der Waals surface area contributed by atoms with Crippen LogP contribution in [0.5, 0.6) is 11.5 Å². The normalized spacial score (nSPS) is 9.78. The van der Waals surface area contributed by atoms with Crippen LogP contribution < -0.4 is 4.74 Å². The predicted octanol–water partition coefficient (Wildman–Crippen LogP) is 3.50. The summed E-state index contributed by atoms with van der Waals surface area (Å²) in [6.45, 7) is 0.539. The van der Waals surface area contributed by atoms with E-state index in [1.54, 1.807) is 19.2 Å². The van der Waals surface area contributed by atoms with Crippen molar-refractivity contribution < 1.29 is 9.47 Å². The minimum atomic E-state index is 0.523. The molecule has 0 saturated carbocycles. The number of hydrogen-bond acceptors (Lipinski definition) is 3. The lowest BCUT2D eigenvalue weighted by molar-refractivity contribution is 0.184. The molecule has 0 unspecified atom stereocenters. The lowest BCUT2D eigenvalue weighted by Gasteiger charge is -2.08. The van der Waals surface area contributed by atoms with Crippen LogP contribution in [0.4, 0.5) is 0 Å². The number of nitriles is 1. The van der Waals surface area contributed by atoms with Crippen LogP contribution in [0.15, 0.2) is 48.5 Å². The molecule has 2 aromatic carbocycles. The first-order valence-electron chi connectivity index (χ1n) is 5.58. The van der Waals surface area contributed by atoms with E-state index in [9.17, 15) is 0 Å². The number of nitrogens with zero attached hydrogens (tertiary/aromatic N) is 1. The average molecular weight is 239 g/mol. The van der Waals surface area contributed by atoms with Gasteiger partial charge in [0.25, 0.3) is 0 Å². The van der Waals surface area contributed by atoms with Gasteiger partial charge in [-0.05, 0) is 29.8 Å². The van der Waals surface area contributed by atoms with Crippen LogP contribution in [0, 0.1) is 11.3 Å². The summed E-state index contributed by atoms with van der Waals surface area (Å²) in [5, 5.41) is 8.99. The Labute approximate surface area is 106 Å². The predicted molar refractivity (Wildman–Crippen MR) is 68.4 cm³/mol. The van der Waals surface area contributed by atoms with Gasteiger partial charge in [0.15, 0.2) is 0 Å². The molecule has 0 saturated heterocycles. The van der Waals surface area contributed by atoms with Gasteiger partial charge in [0.1, 0.15) is 17.6 Å². The van der Waals surface area contributed by atoms with Gasteiger partial charge in [-0.1, -0.05) is 24.3 Å². The maximum Gasteiger partial charge on any atom is 0.145 e. The summed E-state index contributed by atoms with van der Waals surface area (Å²) in [6.07, 6.45) is 0. The Hall–Kier alpha value is -2.31. The van der Waals surface area contributed by atoms with Crippen molar-refractivity contribution in [3.63, 3.8) is 0 Å². The summed E-state index contributed by atoms with van der Waals surface area (Å²) in [6, 6.07) is 16.9. The van der Waals surface area contributed by atoms with Crippen LogP contribution >= 0.6 is 0 Å². The molecule has 0 heterocycles. The lowest BCUT2D eigenvalue weighted by Crippen LogP contribution is -1.91. The molecule has 0 aromatic heterocycles. The second-order valence-electron chi connectivity index (χ2n) is 3.79. The van der Waals surface area contributed by atoms with Crippen molar-refractivity contribution in [1.29, 1.82) is 5.26 Å². The van der Waals surface area contributed by atoms with Crippen LogP contribution in [-0.2, 0) is 11.3 Å². The molecule has 18 heavy (non-hydrogen) atoms. The molecule has 0 N–H and O–H groups in total. The van der Waals surface area contributed by atoms with Crippen molar-refractivity contribution in [2.24, 2.45) is 0 Å². The van der Waals surface area contributed by atoms with Gasteiger partial charge in [0, 0.05) is 7.11 Å². The molecule has 0 aliphatic rings. The number of methoxy groups -OCH3 is 1. The Morgan fingerprint density at radius 2 is 1.94 bits per heavy atom. The number of hydrogen-bond donors (Lipinski definition) is 0. The molecule has 0 fully saturated rings. The highest BCUT2D eigenvalue weighted by atomic mass is 16.5. The van der Waals surface area contributed by atoms with Crippen LogP contribution in [0.1, 0.15) is 11.1 Å². The smallest absolute Gasteiger partial charge is 0.145 e. The van der Waals surface area contributed by atoms with Crippen molar-refractivity contribution in [2.75, 3.05) is 7.11 Å². The fraction of sp³-hybridized carbons (Fsp3) is 0.133. The molecule has 0 spiro atoms. The standard InChI is InChI=1S/C15H13NO2/c1-17-11-12-5-4-7-14(9-12)18-15-8-3-2-6-13(15)10-16/h2-9H,11H2,1H3.